The molecule has 1 aromatic carbocycles. The van der Waals surface area contributed by atoms with E-state index in [0.717, 1.165) is 12.0 Å². The number of aliphatic hydroxyl groups is 2. The summed E-state index contributed by atoms with van der Waals surface area (Å²) in [5, 5.41) is 24.3. The number of aliphatic hydroxyl groups excluding tert-OH is 1. The van der Waals surface area contributed by atoms with E-state index in [1.807, 2.05) is 76.8 Å². The third-order valence-corrected chi connectivity index (χ3v) is 19.6. The number of benzene rings is 1. The first-order valence-corrected chi connectivity index (χ1v) is 29.5. The van der Waals surface area contributed by atoms with Crippen LogP contribution >= 0.6 is 23.2 Å². The van der Waals surface area contributed by atoms with E-state index in [0.29, 0.717) is 101 Å². The van der Waals surface area contributed by atoms with Gasteiger partial charge in [0, 0.05) is 69.7 Å². The van der Waals surface area contributed by atoms with Crippen molar-refractivity contribution in [3.05, 3.63) is 52.0 Å². The van der Waals surface area contributed by atoms with E-state index >= 15 is 0 Å². The molecule has 6 aliphatic rings. The molecule has 6 aliphatic heterocycles. The monoisotopic (exact) mass is 1120 g/mol. The Morgan fingerprint density at radius 1 is 0.883 bits per heavy atom. The van der Waals surface area contributed by atoms with Crippen molar-refractivity contribution in [3.8, 4) is 0 Å². The van der Waals surface area contributed by atoms with Crippen molar-refractivity contribution in [2.75, 3.05) is 39.8 Å². The standard InChI is InChI=1S/C60H90Cl2N2O13/c1-13-44(55(68)64-30-28-63(29-31-64)34-43(56(69)71-12)19-17-42-18-20-46(61)47(62)33-42)48-21-16-35(4)53(74-48)39(8)51(66)38(7)52(67)45(14-2)54-36(5)32-37(6)59(75-54)25-23-50(73-41(10)65)60(77-59)27-26-57(11,76-60)49-22-24-58(70,15-3)40(9)72-49/h17-20,23,25,33,35-40,43-45,48-51,53-54,66,70H,13-16,21-22,24,26-32,34H2,1-12H3/b19-17-/t35-,36-,37+,38-,39-,40-,43?,44+,45-,48+,49+,50+,51+,53+,54-,57-,58+,59-,60-/m0/s1. The molecule has 19 atom stereocenters. The summed E-state index contributed by atoms with van der Waals surface area (Å²) in [4.78, 5) is 58.8. The van der Waals surface area contributed by atoms with Gasteiger partial charge in [0.1, 0.15) is 5.78 Å². The van der Waals surface area contributed by atoms with Crippen molar-refractivity contribution in [3.63, 3.8) is 0 Å². The van der Waals surface area contributed by atoms with Crippen LogP contribution in [0.3, 0.4) is 0 Å². The van der Waals surface area contributed by atoms with Crippen LogP contribution in [-0.4, -0.2) is 149 Å². The normalized spacial score (nSPS) is 37.3. The summed E-state index contributed by atoms with van der Waals surface area (Å²) < 4.78 is 45.8. The molecule has 432 valence electrons. The summed E-state index contributed by atoms with van der Waals surface area (Å²) in [5.74, 6) is -6.37. The number of hydrogen-bond donors (Lipinski definition) is 2. The Morgan fingerprint density at radius 2 is 1.58 bits per heavy atom. The molecule has 0 saturated carbocycles. The second kappa shape index (κ2) is 25.5. The number of amides is 1. The highest BCUT2D eigenvalue weighted by atomic mass is 35.5. The predicted octanol–water partition coefficient (Wildman–Crippen LogP) is 9.63. The smallest absolute Gasteiger partial charge is 0.313 e. The van der Waals surface area contributed by atoms with E-state index in [9.17, 15) is 29.4 Å². The zero-order chi connectivity index (χ0) is 56.4. The Hall–Kier alpha value is -2.96. The van der Waals surface area contributed by atoms with Crippen LogP contribution in [-0.2, 0) is 52.3 Å². The van der Waals surface area contributed by atoms with Gasteiger partial charge < -0.3 is 48.3 Å². The van der Waals surface area contributed by atoms with Crippen LogP contribution in [0.15, 0.2) is 36.4 Å². The molecule has 5 saturated heterocycles. The quantitative estimate of drug-likeness (QED) is 0.105. The topological polar surface area (TPSA) is 180 Å². The molecule has 6 heterocycles. The SMILES string of the molecule is CC[C@@H](C(=O)[C@@H](C)[C@@H](O)[C@H](C)[C@@H]1O[C@@H]([C@@H](CC)C(=O)N2CCN(CC(/C=C\c3ccc(Cl)c(Cl)c3)C(=O)OC)CC2)CC[C@@H]1C)[C@H]1O[C@]2(C=C[C@@H](OC(C)=O)[C@]3(CC[C@@](C)([C@H]4CC[C@](O)(CC)[C@H](C)O4)O3)O2)[C@H](C)C[C@@H]1C. The first-order valence-electron chi connectivity index (χ1n) is 28.8. The summed E-state index contributed by atoms with van der Waals surface area (Å²) in [6, 6.07) is 5.29. The van der Waals surface area contributed by atoms with Gasteiger partial charge in [-0.3, -0.25) is 24.1 Å². The number of Topliss-reactive ketones (excluding diaryl/α,β-unsaturated/α-hetero) is 1. The summed E-state index contributed by atoms with van der Waals surface area (Å²) in [5.41, 5.74) is -0.925. The lowest BCUT2D eigenvalue weighted by molar-refractivity contribution is -0.409. The van der Waals surface area contributed by atoms with Gasteiger partial charge in [0.05, 0.1) is 76.8 Å². The minimum absolute atomic E-state index is 0.0382. The maximum absolute atomic E-state index is 14.9. The van der Waals surface area contributed by atoms with Crippen LogP contribution in [0.25, 0.3) is 6.08 Å². The van der Waals surface area contributed by atoms with Gasteiger partial charge in [0.15, 0.2) is 11.9 Å². The van der Waals surface area contributed by atoms with E-state index in [1.54, 1.807) is 19.1 Å². The van der Waals surface area contributed by atoms with Crippen LogP contribution in [0.5, 0.6) is 0 Å². The number of ether oxygens (including phenoxy) is 7. The first-order chi connectivity index (χ1) is 36.4. The Labute approximate surface area is 468 Å². The zero-order valence-corrected chi connectivity index (χ0v) is 49.4. The highest BCUT2D eigenvalue weighted by molar-refractivity contribution is 6.42. The minimum Gasteiger partial charge on any atom is -0.469 e. The number of hydrogen-bond acceptors (Lipinski definition) is 14. The zero-order valence-electron chi connectivity index (χ0n) is 47.8. The highest BCUT2D eigenvalue weighted by Gasteiger charge is 2.64. The highest BCUT2D eigenvalue weighted by Crippen LogP contribution is 2.55. The fraction of sp³-hybridized carbons (Fsp3) is 0.767. The van der Waals surface area contributed by atoms with Gasteiger partial charge >= 0.3 is 11.9 Å². The van der Waals surface area contributed by atoms with E-state index in [2.05, 4.69) is 25.7 Å². The molecule has 1 unspecified atom stereocenters. The Morgan fingerprint density at radius 3 is 2.21 bits per heavy atom. The second-order valence-electron chi connectivity index (χ2n) is 24.0. The number of piperazine rings is 1. The van der Waals surface area contributed by atoms with Gasteiger partial charge in [-0.1, -0.05) is 96.8 Å². The Kier molecular flexibility index (Phi) is 20.4. The molecule has 0 radical (unpaired) electrons. The van der Waals surface area contributed by atoms with E-state index < -0.39 is 82.9 Å². The summed E-state index contributed by atoms with van der Waals surface area (Å²) in [7, 11) is 1.38. The number of esters is 2. The molecule has 0 bridgehead atoms. The summed E-state index contributed by atoms with van der Waals surface area (Å²) in [6.45, 7) is 23.9. The Bertz CT molecular complexity index is 2290. The summed E-state index contributed by atoms with van der Waals surface area (Å²) >= 11 is 12.3. The van der Waals surface area contributed by atoms with Crippen molar-refractivity contribution in [2.24, 2.45) is 47.3 Å². The molecule has 17 heteroatoms. The van der Waals surface area contributed by atoms with Gasteiger partial charge in [-0.25, -0.2) is 0 Å². The number of carbonyl (C=O) groups excluding carboxylic acids is 4. The molecular formula is C60H90Cl2N2O13. The predicted molar refractivity (Wildman–Crippen MR) is 295 cm³/mol. The van der Waals surface area contributed by atoms with Gasteiger partial charge in [0.25, 0.3) is 0 Å². The number of carbonyl (C=O) groups is 4. The third-order valence-electron chi connectivity index (χ3n) is 18.8. The van der Waals surface area contributed by atoms with Crippen LogP contribution in [0, 0.1) is 47.3 Å². The molecule has 77 heavy (non-hydrogen) atoms. The van der Waals surface area contributed by atoms with Gasteiger partial charge in [-0.2, -0.15) is 0 Å². The molecule has 1 amide bonds. The molecule has 5 fully saturated rings. The van der Waals surface area contributed by atoms with Crippen LogP contribution < -0.4 is 0 Å². The summed E-state index contributed by atoms with van der Waals surface area (Å²) in [6.07, 6.45) is 9.30. The molecule has 2 spiro atoms. The van der Waals surface area contributed by atoms with Crippen molar-refractivity contribution in [1.29, 1.82) is 0 Å². The molecule has 2 N–H and O–H groups in total. The third kappa shape index (κ3) is 13.2. The minimum atomic E-state index is -1.40. The molecule has 7 rings (SSSR count). The lowest BCUT2D eigenvalue weighted by atomic mass is 9.72. The van der Waals surface area contributed by atoms with Gasteiger partial charge in [0.2, 0.25) is 11.7 Å². The average Bonchev–Trinajstić information content (AvgIpc) is 3.76. The van der Waals surface area contributed by atoms with Crippen molar-refractivity contribution in [1.82, 2.24) is 9.80 Å². The molecule has 0 aromatic heterocycles. The lowest BCUT2D eigenvalue weighted by Crippen LogP contribution is -2.63. The van der Waals surface area contributed by atoms with Crippen LogP contribution in [0.4, 0.5) is 0 Å². The first kappa shape index (κ1) is 61.7. The van der Waals surface area contributed by atoms with E-state index in [4.69, 9.17) is 56.4 Å². The van der Waals surface area contributed by atoms with Gasteiger partial charge in [-0.15, -0.1) is 0 Å². The maximum atomic E-state index is 14.9. The molecular weight excluding hydrogens is 1030 g/mol. The largest absolute Gasteiger partial charge is 0.469 e. The van der Waals surface area contributed by atoms with Gasteiger partial charge in [-0.05, 0) is 113 Å². The number of halogens is 2. The fourth-order valence-corrected chi connectivity index (χ4v) is 14.0. The molecule has 15 nitrogen and oxygen atoms in total. The van der Waals surface area contributed by atoms with E-state index in [-0.39, 0.29) is 53.5 Å². The number of ketones is 1. The number of rotatable bonds is 18. The number of methoxy groups -OCH3 is 1. The Balaban J connectivity index is 0.986. The molecule has 0 aliphatic carbocycles. The van der Waals surface area contributed by atoms with Crippen LogP contribution in [0.1, 0.15) is 146 Å². The number of nitrogens with zero attached hydrogens (tertiary/aromatic N) is 2. The van der Waals surface area contributed by atoms with Crippen molar-refractivity contribution in [2.45, 2.75) is 206 Å². The second-order valence-corrected chi connectivity index (χ2v) is 24.8. The molecule has 1 aromatic rings. The van der Waals surface area contributed by atoms with Crippen LogP contribution in [0.2, 0.25) is 10.0 Å². The maximum Gasteiger partial charge on any atom is 0.313 e. The van der Waals surface area contributed by atoms with E-state index in [1.165, 1.54) is 14.0 Å². The van der Waals surface area contributed by atoms with Crippen molar-refractivity contribution >= 4 is 52.9 Å². The van der Waals surface area contributed by atoms with Crippen molar-refractivity contribution < 1.29 is 62.5 Å². The lowest BCUT2D eigenvalue weighted by Gasteiger charge is -2.54. The fourth-order valence-electron chi connectivity index (χ4n) is 13.7. The average molecular weight is 1120 g/mol.